The summed E-state index contributed by atoms with van der Waals surface area (Å²) in [5.74, 6) is 0.593. The Bertz CT molecular complexity index is 459. The highest BCUT2D eigenvalue weighted by molar-refractivity contribution is 5.72. The highest BCUT2D eigenvalue weighted by atomic mass is 16.5. The van der Waals surface area contributed by atoms with E-state index in [9.17, 15) is 9.70 Å². The van der Waals surface area contributed by atoms with Crippen molar-refractivity contribution in [1.29, 1.82) is 0 Å². The Kier molecular flexibility index (Phi) is 3.08. The van der Waals surface area contributed by atoms with Gasteiger partial charge in [-0.2, -0.15) is 0 Å². The number of nitroso groups, excluding NO2 is 1. The van der Waals surface area contributed by atoms with Gasteiger partial charge in [-0.3, -0.25) is 4.79 Å². The van der Waals surface area contributed by atoms with E-state index in [4.69, 9.17) is 4.74 Å². The largest absolute Gasteiger partial charge is 0.423 e. The Morgan fingerprint density at radius 1 is 1.47 bits per heavy atom. The van der Waals surface area contributed by atoms with Gasteiger partial charge in [0.1, 0.15) is 0 Å². The van der Waals surface area contributed by atoms with Crippen LogP contribution in [0, 0.1) is 4.91 Å². The number of hydrogen-bond donors (Lipinski definition) is 0. The quantitative estimate of drug-likeness (QED) is 0.749. The molecule has 0 aromatic heterocycles. The van der Waals surface area contributed by atoms with E-state index in [0.29, 0.717) is 24.4 Å². The molecule has 0 radical (unpaired) electrons. The van der Waals surface area contributed by atoms with Gasteiger partial charge < -0.3 is 9.64 Å². The van der Waals surface area contributed by atoms with Gasteiger partial charge in [-0.1, -0.05) is 12.1 Å². The molecular formula is C12H15N2O3+. The van der Waals surface area contributed by atoms with Crippen LogP contribution in [-0.2, 0) is 4.79 Å². The molecule has 1 atom stereocenters. The fourth-order valence-electron chi connectivity index (χ4n) is 1.73. The number of fused-ring (bicyclic) bond motifs is 1. The van der Waals surface area contributed by atoms with Crippen molar-refractivity contribution in [2.24, 2.45) is 0 Å². The van der Waals surface area contributed by atoms with Crippen LogP contribution in [-0.4, -0.2) is 35.4 Å². The molecule has 0 saturated carbocycles. The lowest BCUT2D eigenvalue weighted by atomic mass is 10.3. The molecule has 1 aromatic rings. The van der Waals surface area contributed by atoms with Crippen LogP contribution in [0.4, 0.5) is 5.69 Å². The van der Waals surface area contributed by atoms with Crippen LogP contribution >= 0.6 is 0 Å². The molecule has 1 unspecified atom stereocenters. The second kappa shape index (κ2) is 4.53. The highest BCUT2D eigenvalue weighted by Gasteiger charge is 2.40. The number of hydrogen-bond acceptors (Lipinski definition) is 3. The number of para-hydroxylation sites is 2. The van der Waals surface area contributed by atoms with Crippen LogP contribution in [0.15, 0.2) is 24.3 Å². The summed E-state index contributed by atoms with van der Waals surface area (Å²) in [6.45, 7) is 2.01. The van der Waals surface area contributed by atoms with Crippen molar-refractivity contribution >= 4 is 11.6 Å². The minimum atomic E-state index is -0.533. The molecule has 0 aliphatic carbocycles. The molecule has 0 bridgehead atoms. The Morgan fingerprint density at radius 3 is 2.82 bits per heavy atom. The highest BCUT2D eigenvalue weighted by Crippen LogP contribution is 2.35. The Balaban J connectivity index is 1.99. The summed E-state index contributed by atoms with van der Waals surface area (Å²) in [7, 11) is 1.71. The topological polar surface area (TPSA) is 49.6 Å². The molecule has 0 saturated heterocycles. The third kappa shape index (κ3) is 2.27. The van der Waals surface area contributed by atoms with Crippen molar-refractivity contribution in [3.8, 4) is 5.75 Å². The molecule has 1 aliphatic rings. The summed E-state index contributed by atoms with van der Waals surface area (Å²) in [5, 5.41) is 0. The van der Waals surface area contributed by atoms with E-state index in [1.807, 2.05) is 6.07 Å². The van der Waals surface area contributed by atoms with Crippen LogP contribution in [0.2, 0.25) is 0 Å². The molecule has 0 fully saturated rings. The van der Waals surface area contributed by atoms with Crippen molar-refractivity contribution in [2.75, 3.05) is 13.6 Å². The van der Waals surface area contributed by atoms with Gasteiger partial charge in [0, 0.05) is 31.5 Å². The van der Waals surface area contributed by atoms with Crippen molar-refractivity contribution in [3.05, 3.63) is 29.2 Å². The second-order valence-electron chi connectivity index (χ2n) is 4.10. The van der Waals surface area contributed by atoms with Crippen molar-refractivity contribution in [3.63, 3.8) is 0 Å². The zero-order valence-corrected chi connectivity index (χ0v) is 9.92. The van der Waals surface area contributed by atoms with Gasteiger partial charge in [0.25, 0.3) is 0 Å². The monoisotopic (exact) mass is 235 g/mol. The van der Waals surface area contributed by atoms with E-state index >= 15 is 0 Å². The Hall–Kier alpha value is -1.91. The van der Waals surface area contributed by atoms with Crippen molar-refractivity contribution < 1.29 is 14.3 Å². The summed E-state index contributed by atoms with van der Waals surface area (Å²) in [6, 6.07) is 7.14. The van der Waals surface area contributed by atoms with E-state index < -0.39 is 6.23 Å². The smallest absolute Gasteiger partial charge is 0.352 e. The summed E-state index contributed by atoms with van der Waals surface area (Å²) >= 11 is 0. The maximum absolute atomic E-state index is 11.9. The van der Waals surface area contributed by atoms with Crippen LogP contribution in [0.3, 0.4) is 0 Å². The lowest BCUT2D eigenvalue weighted by Crippen LogP contribution is -2.31. The van der Waals surface area contributed by atoms with E-state index in [2.05, 4.69) is 0 Å². The molecule has 17 heavy (non-hydrogen) atoms. The number of rotatable bonds is 3. The van der Waals surface area contributed by atoms with Gasteiger partial charge in [-0.15, -0.1) is 0 Å². The first-order valence-corrected chi connectivity index (χ1v) is 5.53. The Labute approximate surface area is 99.6 Å². The molecule has 0 N–H and O–H groups in total. The van der Waals surface area contributed by atoms with Crippen molar-refractivity contribution in [1.82, 2.24) is 4.90 Å². The summed E-state index contributed by atoms with van der Waals surface area (Å²) in [4.78, 5) is 24.5. The maximum atomic E-state index is 11.9. The molecule has 5 nitrogen and oxygen atoms in total. The van der Waals surface area contributed by atoms with Gasteiger partial charge in [0.05, 0.1) is 11.2 Å². The average molecular weight is 235 g/mol. The van der Waals surface area contributed by atoms with Gasteiger partial charge in [0.15, 0.2) is 0 Å². The fourth-order valence-corrected chi connectivity index (χ4v) is 1.73. The number of benzene rings is 1. The van der Waals surface area contributed by atoms with Gasteiger partial charge in [0.2, 0.25) is 11.7 Å². The summed E-state index contributed by atoms with van der Waals surface area (Å²) in [5.41, 5.74) is 0.558. The number of carbonyl (C=O) groups excluding carboxylic acids is 1. The van der Waals surface area contributed by atoms with Gasteiger partial charge in [-0.05, 0) is 6.07 Å². The minimum absolute atomic E-state index is 0.0158. The summed E-state index contributed by atoms with van der Waals surface area (Å²) in [6.07, 6.45) is -0.0388. The minimum Gasteiger partial charge on any atom is -0.423 e. The second-order valence-corrected chi connectivity index (χ2v) is 4.10. The van der Waals surface area contributed by atoms with Crippen molar-refractivity contribution in [2.45, 2.75) is 19.6 Å². The first-order chi connectivity index (χ1) is 8.09. The number of nitrogens with zero attached hydrogens (tertiary/aromatic N) is 2. The van der Waals surface area contributed by atoms with Crippen LogP contribution in [0.1, 0.15) is 13.3 Å². The predicted molar refractivity (Wildman–Crippen MR) is 62.1 cm³/mol. The number of ether oxygens (including phenoxy) is 1. The van der Waals surface area contributed by atoms with Gasteiger partial charge >= 0.3 is 11.9 Å². The summed E-state index contributed by atoms with van der Waals surface area (Å²) < 4.78 is 6.39. The lowest BCUT2D eigenvalue weighted by molar-refractivity contribution is -0.529. The molecule has 5 heteroatoms. The van der Waals surface area contributed by atoms with E-state index in [1.54, 1.807) is 30.1 Å². The molecule has 1 amide bonds. The molecule has 1 aromatic carbocycles. The fraction of sp³-hybridized carbons (Fsp3) is 0.417. The average Bonchev–Trinajstić information content (AvgIpc) is 2.64. The van der Waals surface area contributed by atoms with Gasteiger partial charge in [-0.25, -0.2) is 0 Å². The lowest BCUT2D eigenvalue weighted by Gasteiger charge is -2.14. The zero-order valence-electron chi connectivity index (χ0n) is 9.92. The molecule has 90 valence electrons. The first-order valence-electron chi connectivity index (χ1n) is 5.53. The molecule has 2 rings (SSSR count). The molecule has 0 spiro atoms. The predicted octanol–water partition coefficient (Wildman–Crippen LogP) is 1.68. The zero-order chi connectivity index (χ0) is 12.4. The Morgan fingerprint density at radius 2 is 2.18 bits per heavy atom. The van der Waals surface area contributed by atoms with E-state index in [-0.39, 0.29) is 5.91 Å². The SMILES string of the molecule is CC(=O)N(C)CCC1Oc2ccccc2[N+]1=O. The third-order valence-corrected chi connectivity index (χ3v) is 2.88. The van der Waals surface area contributed by atoms with Crippen LogP contribution in [0.5, 0.6) is 5.75 Å². The maximum Gasteiger partial charge on any atom is 0.352 e. The number of amides is 1. The normalized spacial score (nSPS) is 17.5. The number of carbonyl (C=O) groups is 1. The standard InChI is InChI=1S/C12H15N2O3/c1-9(15)13(2)8-7-12-14(16)10-5-3-4-6-11(10)17-12/h3-6,12H,7-8H2,1-2H3/q+1. The first kappa shape index (κ1) is 11.6. The molecule has 1 aliphatic heterocycles. The van der Waals surface area contributed by atoms with Crippen LogP contribution in [0.25, 0.3) is 0 Å². The van der Waals surface area contributed by atoms with E-state index in [1.165, 1.54) is 6.92 Å². The van der Waals surface area contributed by atoms with E-state index in [0.717, 1.165) is 4.76 Å². The van der Waals surface area contributed by atoms with Crippen LogP contribution < -0.4 is 4.74 Å². The molecular weight excluding hydrogens is 220 g/mol. The third-order valence-electron chi connectivity index (χ3n) is 2.88. The molecule has 1 heterocycles.